The molecule has 0 amide bonds. The third-order valence-electron chi connectivity index (χ3n) is 5.94. The predicted molar refractivity (Wildman–Crippen MR) is 139 cm³/mol. The first kappa shape index (κ1) is 21.8. The number of benzene rings is 2. The van der Waals surface area contributed by atoms with Crippen LogP contribution in [0.15, 0.2) is 91.0 Å². The summed E-state index contributed by atoms with van der Waals surface area (Å²) in [6.45, 7) is 13.9. The van der Waals surface area contributed by atoms with Gasteiger partial charge in [-0.15, -0.1) is 0 Å². The molecule has 2 aromatic rings. The molecule has 0 fully saturated rings. The molecule has 1 heteroatoms. The molecule has 2 aliphatic rings. The zero-order valence-electron chi connectivity index (χ0n) is 19.6. The highest BCUT2D eigenvalue weighted by Gasteiger charge is 2.29. The van der Waals surface area contributed by atoms with Crippen molar-refractivity contribution in [3.8, 4) is 11.1 Å². The van der Waals surface area contributed by atoms with Crippen LogP contribution in [-0.4, -0.2) is 0 Å². The average molecular weight is 425 g/mol. The average Bonchev–Trinajstić information content (AvgIpc) is 2.93. The predicted octanol–water partition coefficient (Wildman–Crippen LogP) is 7.14. The van der Waals surface area contributed by atoms with Crippen LogP contribution in [0.3, 0.4) is 0 Å². The van der Waals surface area contributed by atoms with Crippen molar-refractivity contribution in [1.29, 1.82) is 0 Å². The Morgan fingerprint density at radius 3 is 1.45 bits per heavy atom. The SMILES string of the molecule is CC(C)(C)c1ccc2c(P(c3ccccc3)c3ccccc3)cc(C(C)(C)C)c-2cc1. The lowest BCUT2D eigenvalue weighted by molar-refractivity contribution is 0.590. The van der Waals surface area contributed by atoms with Gasteiger partial charge in [-0.2, -0.15) is 0 Å². The molecule has 2 aliphatic carbocycles. The summed E-state index contributed by atoms with van der Waals surface area (Å²) in [5.74, 6) is 0. The Hall–Kier alpha value is -2.43. The number of rotatable bonds is 3. The zero-order valence-corrected chi connectivity index (χ0v) is 20.5. The van der Waals surface area contributed by atoms with Crippen LogP contribution in [0, 0.1) is 0 Å². The molecule has 0 unspecified atom stereocenters. The lowest BCUT2D eigenvalue weighted by atomic mass is 9.85. The van der Waals surface area contributed by atoms with Gasteiger partial charge in [0, 0.05) is 0 Å². The van der Waals surface area contributed by atoms with E-state index < -0.39 is 7.92 Å². The van der Waals surface area contributed by atoms with E-state index in [1.54, 1.807) is 0 Å². The topological polar surface area (TPSA) is 0 Å². The van der Waals surface area contributed by atoms with Gasteiger partial charge in [0.2, 0.25) is 0 Å². The number of hydrogen-bond acceptors (Lipinski definition) is 0. The molecule has 2 aromatic carbocycles. The fraction of sp³-hybridized carbons (Fsp3) is 0.267. The monoisotopic (exact) mass is 424 g/mol. The van der Waals surface area contributed by atoms with Crippen LogP contribution >= 0.6 is 7.92 Å². The summed E-state index contributed by atoms with van der Waals surface area (Å²) < 4.78 is 0. The van der Waals surface area contributed by atoms with Crippen molar-refractivity contribution in [2.75, 3.05) is 0 Å². The van der Waals surface area contributed by atoms with Gasteiger partial charge < -0.3 is 0 Å². The Morgan fingerprint density at radius 1 is 0.516 bits per heavy atom. The van der Waals surface area contributed by atoms with Gasteiger partial charge in [-0.3, -0.25) is 0 Å². The second-order valence-electron chi connectivity index (χ2n) is 10.4. The second kappa shape index (κ2) is 8.25. The van der Waals surface area contributed by atoms with Gasteiger partial charge in [-0.25, -0.2) is 0 Å². The molecule has 0 saturated heterocycles. The molecule has 4 rings (SSSR count). The highest BCUT2D eigenvalue weighted by molar-refractivity contribution is 7.80. The molecule has 0 bridgehead atoms. The molecule has 0 N–H and O–H groups in total. The van der Waals surface area contributed by atoms with Gasteiger partial charge >= 0.3 is 0 Å². The van der Waals surface area contributed by atoms with Crippen LogP contribution in [0.25, 0.3) is 11.1 Å². The first-order chi connectivity index (χ1) is 14.7. The summed E-state index contributed by atoms with van der Waals surface area (Å²) in [6.07, 6.45) is 0. The minimum Gasteiger partial charge on any atom is -0.0622 e. The van der Waals surface area contributed by atoms with Crippen LogP contribution in [0.5, 0.6) is 0 Å². The molecule has 0 atom stereocenters. The summed E-state index contributed by atoms with van der Waals surface area (Å²) in [5, 5.41) is 4.26. The van der Waals surface area contributed by atoms with Crippen molar-refractivity contribution in [3.05, 3.63) is 102 Å². The summed E-state index contributed by atoms with van der Waals surface area (Å²) in [7, 11) is -0.636. The Labute approximate surface area is 189 Å². The standard InChI is InChI=1S/C30H33P/c1-29(2,3)22-17-19-25-26(20-18-22)28(21-27(25)30(4,5)6)31(23-13-9-7-10-14-23)24-15-11-8-12-16-24/h7-21H,1-6H3. The third-order valence-corrected chi connectivity index (χ3v) is 8.42. The fourth-order valence-electron chi connectivity index (χ4n) is 4.22. The van der Waals surface area contributed by atoms with E-state index in [9.17, 15) is 0 Å². The number of hydrogen-bond donors (Lipinski definition) is 0. The summed E-state index contributed by atoms with van der Waals surface area (Å²) >= 11 is 0. The highest BCUT2D eigenvalue weighted by atomic mass is 31.1. The molecular formula is C30H33P. The minimum absolute atomic E-state index is 0.0845. The first-order valence-electron chi connectivity index (χ1n) is 11.1. The molecule has 0 aromatic heterocycles. The minimum atomic E-state index is -0.636. The van der Waals surface area contributed by atoms with E-state index >= 15 is 0 Å². The van der Waals surface area contributed by atoms with Gasteiger partial charge in [-0.05, 0) is 63.0 Å². The maximum atomic E-state index is 2.49. The molecule has 158 valence electrons. The van der Waals surface area contributed by atoms with Crippen molar-refractivity contribution in [2.45, 2.75) is 52.4 Å². The lowest BCUT2D eigenvalue weighted by Crippen LogP contribution is -2.20. The normalized spacial score (nSPS) is 12.5. The largest absolute Gasteiger partial charge is 0.0622 e. The van der Waals surface area contributed by atoms with Crippen molar-refractivity contribution >= 4 is 23.8 Å². The maximum Gasteiger partial charge on any atom is -0.00694 e. The van der Waals surface area contributed by atoms with Crippen LogP contribution in [-0.2, 0) is 10.8 Å². The third kappa shape index (κ3) is 4.46. The van der Waals surface area contributed by atoms with Gasteiger partial charge in [0.25, 0.3) is 0 Å². The van der Waals surface area contributed by atoms with E-state index in [-0.39, 0.29) is 10.8 Å². The molecule has 31 heavy (non-hydrogen) atoms. The lowest BCUT2D eigenvalue weighted by Gasteiger charge is -2.20. The highest BCUT2D eigenvalue weighted by Crippen LogP contribution is 2.44. The van der Waals surface area contributed by atoms with Crippen LogP contribution in [0.2, 0.25) is 0 Å². The fourth-order valence-corrected chi connectivity index (χ4v) is 6.71. The Bertz CT molecular complexity index is 1090. The molecule has 0 nitrogen and oxygen atoms in total. The second-order valence-corrected chi connectivity index (χ2v) is 12.6. The zero-order chi connectivity index (χ0) is 22.2. The smallest absolute Gasteiger partial charge is 0.00694 e. The molecule has 0 aliphatic heterocycles. The van der Waals surface area contributed by atoms with Gasteiger partial charge in [0.15, 0.2) is 0 Å². The van der Waals surface area contributed by atoms with Crippen LogP contribution in [0.4, 0.5) is 0 Å². The van der Waals surface area contributed by atoms with Crippen molar-refractivity contribution in [3.63, 3.8) is 0 Å². The van der Waals surface area contributed by atoms with E-state index in [0.717, 1.165) is 0 Å². The van der Waals surface area contributed by atoms with Crippen LogP contribution in [0.1, 0.15) is 52.7 Å². The summed E-state index contributed by atoms with van der Waals surface area (Å²) in [4.78, 5) is 0. The van der Waals surface area contributed by atoms with Gasteiger partial charge in [-0.1, -0.05) is 126 Å². The molecule has 0 saturated carbocycles. The quantitative estimate of drug-likeness (QED) is 0.307. The van der Waals surface area contributed by atoms with E-state index in [1.807, 2.05) is 0 Å². The number of fused-ring (bicyclic) bond motifs is 1. The summed E-state index contributed by atoms with van der Waals surface area (Å²) in [6, 6.07) is 34.0. The first-order valence-corrected chi connectivity index (χ1v) is 12.5. The Kier molecular flexibility index (Phi) is 5.80. The molecule has 0 spiro atoms. The Balaban J connectivity index is 2.03. The van der Waals surface area contributed by atoms with Crippen LogP contribution < -0.4 is 15.9 Å². The van der Waals surface area contributed by atoms with Crippen molar-refractivity contribution in [1.82, 2.24) is 0 Å². The summed E-state index contributed by atoms with van der Waals surface area (Å²) in [5.41, 5.74) is 5.80. The van der Waals surface area contributed by atoms with Crippen molar-refractivity contribution < 1.29 is 0 Å². The van der Waals surface area contributed by atoms with E-state index in [2.05, 4.69) is 133 Å². The molecular weight excluding hydrogens is 391 g/mol. The van der Waals surface area contributed by atoms with Gasteiger partial charge in [0.1, 0.15) is 0 Å². The van der Waals surface area contributed by atoms with E-state index in [0.29, 0.717) is 0 Å². The van der Waals surface area contributed by atoms with E-state index in [4.69, 9.17) is 0 Å². The molecule has 0 radical (unpaired) electrons. The van der Waals surface area contributed by atoms with Crippen molar-refractivity contribution in [2.24, 2.45) is 0 Å². The van der Waals surface area contributed by atoms with Gasteiger partial charge in [0.05, 0.1) is 0 Å². The Morgan fingerprint density at radius 2 is 1.00 bits per heavy atom. The maximum absolute atomic E-state index is 2.49. The van der Waals surface area contributed by atoms with E-state index in [1.165, 1.54) is 38.2 Å². The molecule has 0 heterocycles.